The van der Waals surface area contributed by atoms with Crippen LogP contribution in [-0.4, -0.2) is 52.5 Å². The molecule has 10 heteroatoms. The third-order valence-corrected chi connectivity index (χ3v) is 3.47. The van der Waals surface area contributed by atoms with Gasteiger partial charge in [-0.05, 0) is 24.1 Å². The van der Waals surface area contributed by atoms with Crippen molar-refractivity contribution in [2.24, 2.45) is 11.5 Å². The van der Waals surface area contributed by atoms with Gasteiger partial charge in [-0.25, -0.2) is 4.79 Å². The molecular formula is C16H22N4O6. The number of amides is 3. The van der Waals surface area contributed by atoms with Gasteiger partial charge < -0.3 is 32.3 Å². The molecule has 0 saturated heterocycles. The lowest BCUT2D eigenvalue weighted by Gasteiger charge is -2.16. The summed E-state index contributed by atoms with van der Waals surface area (Å²) in [6, 6.07) is 3.69. The Morgan fingerprint density at radius 1 is 1.12 bits per heavy atom. The van der Waals surface area contributed by atoms with Crippen molar-refractivity contribution in [2.45, 2.75) is 31.3 Å². The normalized spacial score (nSPS) is 12.7. The topological polar surface area (TPSA) is 185 Å². The summed E-state index contributed by atoms with van der Waals surface area (Å²) in [7, 11) is 0. The second kappa shape index (κ2) is 9.99. The van der Waals surface area contributed by atoms with Gasteiger partial charge in [-0.2, -0.15) is 0 Å². The molecule has 3 amide bonds. The number of phenolic OH excluding ortho intramolecular Hbond substituents is 1. The quantitative estimate of drug-likeness (QED) is 0.282. The van der Waals surface area contributed by atoms with Gasteiger partial charge in [-0.1, -0.05) is 12.1 Å². The number of carbonyl (C=O) groups is 4. The van der Waals surface area contributed by atoms with E-state index in [1.54, 1.807) is 0 Å². The van der Waals surface area contributed by atoms with Crippen molar-refractivity contribution in [3.8, 4) is 5.75 Å². The molecule has 2 atom stereocenters. The van der Waals surface area contributed by atoms with Crippen LogP contribution < -0.4 is 22.1 Å². The fourth-order valence-electron chi connectivity index (χ4n) is 2.04. The van der Waals surface area contributed by atoms with E-state index in [-0.39, 0.29) is 25.0 Å². The molecular weight excluding hydrogens is 344 g/mol. The van der Waals surface area contributed by atoms with E-state index in [2.05, 4.69) is 10.6 Å². The summed E-state index contributed by atoms with van der Waals surface area (Å²) in [4.78, 5) is 45.5. The molecule has 0 fully saturated rings. The third-order valence-electron chi connectivity index (χ3n) is 3.47. The number of primary amides is 1. The van der Waals surface area contributed by atoms with Gasteiger partial charge in [0.15, 0.2) is 0 Å². The molecule has 1 aromatic carbocycles. The van der Waals surface area contributed by atoms with E-state index in [0.29, 0.717) is 5.56 Å². The number of aliphatic carboxylic acids is 1. The van der Waals surface area contributed by atoms with E-state index in [1.165, 1.54) is 24.3 Å². The van der Waals surface area contributed by atoms with Gasteiger partial charge in [0, 0.05) is 12.8 Å². The smallest absolute Gasteiger partial charge is 0.326 e. The number of aromatic hydroxyl groups is 1. The van der Waals surface area contributed by atoms with E-state index in [0.717, 1.165) is 0 Å². The lowest BCUT2D eigenvalue weighted by Crippen LogP contribution is -2.49. The van der Waals surface area contributed by atoms with Crippen LogP contribution >= 0.6 is 0 Å². The van der Waals surface area contributed by atoms with Gasteiger partial charge in [-0.15, -0.1) is 0 Å². The first kappa shape index (κ1) is 20.9. The molecule has 142 valence electrons. The maximum absolute atomic E-state index is 11.9. The van der Waals surface area contributed by atoms with Gasteiger partial charge >= 0.3 is 5.97 Å². The second-order valence-electron chi connectivity index (χ2n) is 5.66. The molecule has 0 aliphatic carbocycles. The minimum absolute atomic E-state index is 0.00737. The lowest BCUT2D eigenvalue weighted by atomic mass is 10.1. The van der Waals surface area contributed by atoms with Crippen molar-refractivity contribution in [3.05, 3.63) is 29.8 Å². The van der Waals surface area contributed by atoms with Gasteiger partial charge in [0.2, 0.25) is 17.7 Å². The average Bonchev–Trinajstić information content (AvgIpc) is 2.58. The number of nitrogens with one attached hydrogen (secondary N) is 2. The Hall–Kier alpha value is -3.14. The van der Waals surface area contributed by atoms with E-state index < -0.39 is 42.3 Å². The summed E-state index contributed by atoms with van der Waals surface area (Å²) >= 11 is 0. The van der Waals surface area contributed by atoms with E-state index in [4.69, 9.17) is 11.5 Å². The number of rotatable bonds is 10. The highest BCUT2D eigenvalue weighted by Crippen LogP contribution is 2.11. The Labute approximate surface area is 149 Å². The van der Waals surface area contributed by atoms with Crippen LogP contribution in [0.4, 0.5) is 0 Å². The zero-order chi connectivity index (χ0) is 19.7. The van der Waals surface area contributed by atoms with Crippen molar-refractivity contribution in [1.29, 1.82) is 0 Å². The highest BCUT2D eigenvalue weighted by molar-refractivity contribution is 5.89. The first-order valence-electron chi connectivity index (χ1n) is 7.80. The molecule has 0 heterocycles. The molecule has 0 aliphatic heterocycles. The first-order valence-corrected chi connectivity index (χ1v) is 7.80. The predicted octanol–water partition coefficient (Wildman–Crippen LogP) is -1.79. The van der Waals surface area contributed by atoms with E-state index in [9.17, 15) is 29.4 Å². The molecule has 0 aromatic heterocycles. The molecule has 8 N–H and O–H groups in total. The predicted molar refractivity (Wildman–Crippen MR) is 90.8 cm³/mol. The summed E-state index contributed by atoms with van der Waals surface area (Å²) in [6.45, 7) is -0.456. The largest absolute Gasteiger partial charge is 0.508 e. The van der Waals surface area contributed by atoms with Gasteiger partial charge in [-0.3, -0.25) is 14.4 Å². The van der Waals surface area contributed by atoms with Crippen LogP contribution in [0.25, 0.3) is 0 Å². The fraction of sp³-hybridized carbons (Fsp3) is 0.375. The summed E-state index contributed by atoms with van der Waals surface area (Å²) < 4.78 is 0. The van der Waals surface area contributed by atoms with Crippen LogP contribution in [0.5, 0.6) is 5.75 Å². The Morgan fingerprint density at radius 2 is 1.73 bits per heavy atom. The van der Waals surface area contributed by atoms with Crippen LogP contribution in [0.1, 0.15) is 18.4 Å². The van der Waals surface area contributed by atoms with Gasteiger partial charge in [0.1, 0.15) is 11.8 Å². The zero-order valence-corrected chi connectivity index (χ0v) is 14.0. The zero-order valence-electron chi connectivity index (χ0n) is 14.0. The van der Waals surface area contributed by atoms with Gasteiger partial charge in [0.05, 0.1) is 12.6 Å². The second-order valence-corrected chi connectivity index (χ2v) is 5.66. The summed E-state index contributed by atoms with van der Waals surface area (Å²) in [6.07, 6.45) is -0.0106. The number of phenols is 1. The third kappa shape index (κ3) is 7.62. The molecule has 1 aromatic rings. The standard InChI is InChI=1S/C16H22N4O6/c17-11(5-6-13(18)22)15(24)19-8-14(23)20-12(16(25)26)7-9-1-3-10(21)4-2-9/h1-4,11-12,21H,5-8,17H2,(H2,18,22)(H,19,24)(H,20,23)(H,25,26)/t11-,12-/m0/s1. The lowest BCUT2D eigenvalue weighted by molar-refractivity contribution is -0.141. The number of carbonyl (C=O) groups excluding carboxylic acids is 3. The van der Waals surface area contributed by atoms with Gasteiger partial charge in [0.25, 0.3) is 0 Å². The first-order chi connectivity index (χ1) is 12.2. The van der Waals surface area contributed by atoms with Crippen molar-refractivity contribution in [1.82, 2.24) is 10.6 Å². The summed E-state index contributed by atoms with van der Waals surface area (Å²) in [5.74, 6) is -3.14. The van der Waals surface area contributed by atoms with Crippen molar-refractivity contribution < 1.29 is 29.4 Å². The highest BCUT2D eigenvalue weighted by atomic mass is 16.4. The van der Waals surface area contributed by atoms with E-state index >= 15 is 0 Å². The number of hydrogen-bond donors (Lipinski definition) is 6. The maximum atomic E-state index is 11.9. The summed E-state index contributed by atoms with van der Waals surface area (Å²) in [5.41, 5.74) is 11.1. The molecule has 0 unspecified atom stereocenters. The molecule has 0 radical (unpaired) electrons. The van der Waals surface area contributed by atoms with Crippen molar-refractivity contribution in [3.63, 3.8) is 0 Å². The number of carboxylic acid groups (broad SMARTS) is 1. The number of benzene rings is 1. The fourth-order valence-corrected chi connectivity index (χ4v) is 2.04. The molecule has 0 bridgehead atoms. The van der Waals surface area contributed by atoms with Crippen LogP contribution in [0, 0.1) is 0 Å². The molecule has 10 nitrogen and oxygen atoms in total. The summed E-state index contributed by atoms with van der Waals surface area (Å²) in [5, 5.41) is 23.0. The Bertz CT molecular complexity index is 661. The molecule has 1 rings (SSSR count). The minimum Gasteiger partial charge on any atom is -0.508 e. The molecule has 0 saturated carbocycles. The van der Waals surface area contributed by atoms with Crippen LogP contribution in [0.3, 0.4) is 0 Å². The highest BCUT2D eigenvalue weighted by Gasteiger charge is 2.21. The number of carboxylic acids is 1. The van der Waals surface area contributed by atoms with E-state index in [1.807, 2.05) is 0 Å². The van der Waals surface area contributed by atoms with Crippen LogP contribution in [0.15, 0.2) is 24.3 Å². The van der Waals surface area contributed by atoms with Crippen molar-refractivity contribution in [2.75, 3.05) is 6.54 Å². The number of nitrogens with two attached hydrogens (primary N) is 2. The molecule has 26 heavy (non-hydrogen) atoms. The molecule has 0 aliphatic rings. The Balaban J connectivity index is 2.49. The SMILES string of the molecule is NC(=O)CC[C@H](N)C(=O)NCC(=O)N[C@@H](Cc1ccc(O)cc1)C(=O)O. The Morgan fingerprint density at radius 3 is 2.27 bits per heavy atom. The van der Waals surface area contributed by atoms with Crippen LogP contribution in [0.2, 0.25) is 0 Å². The molecule has 0 spiro atoms. The number of hydrogen-bond acceptors (Lipinski definition) is 6. The van der Waals surface area contributed by atoms with Crippen LogP contribution in [-0.2, 0) is 25.6 Å². The average molecular weight is 366 g/mol. The maximum Gasteiger partial charge on any atom is 0.326 e. The monoisotopic (exact) mass is 366 g/mol. The van der Waals surface area contributed by atoms with Crippen molar-refractivity contribution >= 4 is 23.7 Å². The Kier molecular flexibility index (Phi) is 8.03. The minimum atomic E-state index is -1.24.